The van der Waals surface area contributed by atoms with Gasteiger partial charge < -0.3 is 9.52 Å². The van der Waals surface area contributed by atoms with Crippen molar-refractivity contribution in [2.45, 2.75) is 33.1 Å². The molecule has 20 heavy (non-hydrogen) atoms. The molecule has 2 aromatic rings. The Bertz CT molecular complexity index is 592. The van der Waals surface area contributed by atoms with Crippen LogP contribution < -0.4 is 0 Å². The standard InChI is InChI=1S/C15H18N2O3/c1-3-11-6-4-5-7-12(11)15-17-16-13(20-15)8-10(2)9-14(18)19/h4-7,10H,3,8-9H2,1-2H3,(H,18,19). The molecule has 106 valence electrons. The zero-order chi connectivity index (χ0) is 14.5. The van der Waals surface area contributed by atoms with Crippen molar-refractivity contribution in [2.75, 3.05) is 0 Å². The molecule has 1 heterocycles. The van der Waals surface area contributed by atoms with Crippen LogP contribution in [0.2, 0.25) is 0 Å². The van der Waals surface area contributed by atoms with E-state index in [1.54, 1.807) is 0 Å². The number of carboxylic acids is 1. The minimum atomic E-state index is -0.812. The molecule has 1 aromatic heterocycles. The molecule has 0 saturated carbocycles. The number of rotatable bonds is 6. The summed E-state index contributed by atoms with van der Waals surface area (Å²) in [7, 11) is 0. The van der Waals surface area contributed by atoms with E-state index in [1.807, 2.05) is 31.2 Å². The normalized spacial score (nSPS) is 12.3. The number of hydrogen-bond donors (Lipinski definition) is 1. The molecule has 0 saturated heterocycles. The number of carbonyl (C=O) groups is 1. The number of nitrogens with zero attached hydrogens (tertiary/aromatic N) is 2. The zero-order valence-electron chi connectivity index (χ0n) is 11.7. The molecule has 1 aromatic carbocycles. The Balaban J connectivity index is 2.14. The largest absolute Gasteiger partial charge is 0.481 e. The fraction of sp³-hybridized carbons (Fsp3) is 0.400. The van der Waals surface area contributed by atoms with Crippen LogP contribution in [0.1, 0.15) is 31.7 Å². The van der Waals surface area contributed by atoms with Crippen LogP contribution in [0.4, 0.5) is 0 Å². The lowest BCUT2D eigenvalue weighted by atomic mass is 10.0. The summed E-state index contributed by atoms with van der Waals surface area (Å²) in [4.78, 5) is 10.6. The molecule has 0 spiro atoms. The second-order valence-electron chi connectivity index (χ2n) is 4.92. The van der Waals surface area contributed by atoms with Gasteiger partial charge in [-0.15, -0.1) is 10.2 Å². The molecular weight excluding hydrogens is 256 g/mol. The molecule has 0 bridgehead atoms. The highest BCUT2D eigenvalue weighted by Gasteiger charge is 2.15. The number of benzene rings is 1. The highest BCUT2D eigenvalue weighted by molar-refractivity contribution is 5.67. The van der Waals surface area contributed by atoms with Crippen LogP contribution in [-0.2, 0) is 17.6 Å². The predicted octanol–water partition coefficient (Wildman–Crippen LogP) is 2.95. The molecule has 0 aliphatic carbocycles. The van der Waals surface area contributed by atoms with Gasteiger partial charge in [-0.05, 0) is 24.0 Å². The summed E-state index contributed by atoms with van der Waals surface area (Å²) >= 11 is 0. The molecule has 2 rings (SSSR count). The van der Waals surface area contributed by atoms with Gasteiger partial charge >= 0.3 is 5.97 Å². The molecular formula is C15H18N2O3. The fourth-order valence-electron chi connectivity index (χ4n) is 2.15. The van der Waals surface area contributed by atoms with E-state index in [0.29, 0.717) is 18.2 Å². The van der Waals surface area contributed by atoms with Crippen molar-refractivity contribution < 1.29 is 14.3 Å². The predicted molar refractivity (Wildman–Crippen MR) is 74.2 cm³/mol. The molecule has 5 nitrogen and oxygen atoms in total. The first-order valence-corrected chi connectivity index (χ1v) is 6.72. The van der Waals surface area contributed by atoms with Gasteiger partial charge in [-0.2, -0.15) is 0 Å². The molecule has 5 heteroatoms. The molecule has 1 N–H and O–H groups in total. The third-order valence-corrected chi connectivity index (χ3v) is 3.14. The van der Waals surface area contributed by atoms with E-state index in [9.17, 15) is 4.79 Å². The van der Waals surface area contributed by atoms with Crippen molar-refractivity contribution in [3.05, 3.63) is 35.7 Å². The molecule has 0 aliphatic heterocycles. The Morgan fingerprint density at radius 1 is 1.35 bits per heavy atom. The van der Waals surface area contributed by atoms with Crippen LogP contribution >= 0.6 is 0 Å². The topological polar surface area (TPSA) is 76.2 Å². The lowest BCUT2D eigenvalue weighted by Gasteiger charge is -2.04. The van der Waals surface area contributed by atoms with Gasteiger partial charge in [0.1, 0.15) is 0 Å². The van der Waals surface area contributed by atoms with Gasteiger partial charge in [0.2, 0.25) is 11.8 Å². The first-order valence-electron chi connectivity index (χ1n) is 6.72. The minimum absolute atomic E-state index is 0.0257. The van der Waals surface area contributed by atoms with Crippen molar-refractivity contribution in [1.82, 2.24) is 10.2 Å². The average Bonchev–Trinajstić information content (AvgIpc) is 2.85. The lowest BCUT2D eigenvalue weighted by Crippen LogP contribution is -2.07. The van der Waals surface area contributed by atoms with Crippen molar-refractivity contribution in [3.63, 3.8) is 0 Å². The van der Waals surface area contributed by atoms with E-state index in [1.165, 1.54) is 0 Å². The van der Waals surface area contributed by atoms with Crippen LogP contribution in [0.3, 0.4) is 0 Å². The van der Waals surface area contributed by atoms with Gasteiger partial charge in [-0.25, -0.2) is 0 Å². The third kappa shape index (κ3) is 3.44. The lowest BCUT2D eigenvalue weighted by molar-refractivity contribution is -0.137. The quantitative estimate of drug-likeness (QED) is 0.876. The van der Waals surface area contributed by atoms with Crippen molar-refractivity contribution in [1.29, 1.82) is 0 Å². The van der Waals surface area contributed by atoms with E-state index >= 15 is 0 Å². The van der Waals surface area contributed by atoms with E-state index in [4.69, 9.17) is 9.52 Å². The second-order valence-corrected chi connectivity index (χ2v) is 4.92. The molecule has 0 amide bonds. The van der Waals surface area contributed by atoms with Gasteiger partial charge in [-0.1, -0.05) is 32.0 Å². The molecule has 0 aliphatic rings. The van der Waals surface area contributed by atoms with Crippen LogP contribution in [0.15, 0.2) is 28.7 Å². The van der Waals surface area contributed by atoms with Crippen molar-refractivity contribution >= 4 is 5.97 Å². The molecule has 1 unspecified atom stereocenters. The van der Waals surface area contributed by atoms with Crippen molar-refractivity contribution in [3.8, 4) is 11.5 Å². The Kier molecular flexibility index (Phi) is 4.50. The summed E-state index contributed by atoms with van der Waals surface area (Å²) in [5, 5.41) is 16.8. The minimum Gasteiger partial charge on any atom is -0.481 e. The van der Waals surface area contributed by atoms with Gasteiger partial charge in [0, 0.05) is 18.4 Å². The molecule has 1 atom stereocenters. The highest BCUT2D eigenvalue weighted by atomic mass is 16.4. The van der Waals surface area contributed by atoms with Crippen LogP contribution in [0, 0.1) is 5.92 Å². The fourth-order valence-corrected chi connectivity index (χ4v) is 2.15. The Hall–Kier alpha value is -2.17. The van der Waals surface area contributed by atoms with E-state index in [0.717, 1.165) is 17.5 Å². The summed E-state index contributed by atoms with van der Waals surface area (Å²) < 4.78 is 5.65. The summed E-state index contributed by atoms with van der Waals surface area (Å²) in [5.74, 6) is 0.149. The van der Waals surface area contributed by atoms with Gasteiger partial charge in [-0.3, -0.25) is 4.79 Å². The summed E-state index contributed by atoms with van der Waals surface area (Å²) in [6, 6.07) is 7.91. The Morgan fingerprint density at radius 3 is 2.80 bits per heavy atom. The van der Waals surface area contributed by atoms with Gasteiger partial charge in [0.05, 0.1) is 0 Å². The van der Waals surface area contributed by atoms with Gasteiger partial charge in [0.15, 0.2) is 0 Å². The summed E-state index contributed by atoms with van der Waals surface area (Å²) in [6.45, 7) is 3.93. The third-order valence-electron chi connectivity index (χ3n) is 3.14. The second kappa shape index (κ2) is 6.32. The molecule has 0 fully saturated rings. The van der Waals surface area contributed by atoms with Gasteiger partial charge in [0.25, 0.3) is 0 Å². The summed E-state index contributed by atoms with van der Waals surface area (Å²) in [6.07, 6.45) is 1.47. The highest BCUT2D eigenvalue weighted by Crippen LogP contribution is 2.23. The maximum atomic E-state index is 10.6. The first kappa shape index (κ1) is 14.2. The van der Waals surface area contributed by atoms with Crippen molar-refractivity contribution in [2.24, 2.45) is 5.92 Å². The SMILES string of the molecule is CCc1ccccc1-c1nnc(CC(C)CC(=O)O)o1. The summed E-state index contributed by atoms with van der Waals surface area (Å²) in [5.41, 5.74) is 2.10. The van der Waals surface area contributed by atoms with Crippen LogP contribution in [-0.4, -0.2) is 21.3 Å². The maximum Gasteiger partial charge on any atom is 0.303 e. The maximum absolute atomic E-state index is 10.6. The van der Waals surface area contributed by atoms with E-state index in [-0.39, 0.29) is 12.3 Å². The number of aryl methyl sites for hydroxylation is 1. The average molecular weight is 274 g/mol. The Labute approximate surface area is 117 Å². The number of aliphatic carboxylic acids is 1. The van der Waals surface area contributed by atoms with E-state index in [2.05, 4.69) is 17.1 Å². The van der Waals surface area contributed by atoms with E-state index < -0.39 is 5.97 Å². The zero-order valence-corrected chi connectivity index (χ0v) is 11.7. The first-order chi connectivity index (χ1) is 9.60. The molecule has 0 radical (unpaired) electrons. The van der Waals surface area contributed by atoms with Crippen LogP contribution in [0.5, 0.6) is 0 Å². The Morgan fingerprint density at radius 2 is 2.10 bits per heavy atom. The number of carboxylic acid groups (broad SMARTS) is 1. The monoisotopic (exact) mass is 274 g/mol. The van der Waals surface area contributed by atoms with Crippen LogP contribution in [0.25, 0.3) is 11.5 Å². The number of hydrogen-bond acceptors (Lipinski definition) is 4. The smallest absolute Gasteiger partial charge is 0.303 e. The number of aromatic nitrogens is 2.